The summed E-state index contributed by atoms with van der Waals surface area (Å²) in [5, 5.41) is 1.77. The molecule has 1 heterocycles. The molecule has 1 aliphatic rings. The number of ether oxygens (including phenoxy) is 1. The Kier molecular flexibility index (Phi) is 5.92. The highest BCUT2D eigenvalue weighted by Crippen LogP contribution is 2.31. The Morgan fingerprint density at radius 1 is 1.32 bits per heavy atom. The average Bonchev–Trinajstić information content (AvgIpc) is 2.55. The fourth-order valence-electron chi connectivity index (χ4n) is 2.89. The molecule has 1 fully saturated rings. The minimum atomic E-state index is -5.00. The van der Waals surface area contributed by atoms with E-state index in [0.717, 1.165) is 25.8 Å². The van der Waals surface area contributed by atoms with Crippen LogP contribution in [0.4, 0.5) is 24.5 Å². The van der Waals surface area contributed by atoms with E-state index in [2.05, 4.69) is 0 Å². The van der Waals surface area contributed by atoms with Gasteiger partial charge in [-0.25, -0.2) is 4.79 Å². The monoisotopic (exact) mass is 358 g/mol. The molecule has 2 rings (SSSR count). The summed E-state index contributed by atoms with van der Waals surface area (Å²) in [4.78, 5) is 25.4. The van der Waals surface area contributed by atoms with Crippen LogP contribution in [-0.2, 0) is 9.53 Å². The molecular formula is C17H21F3N2O3. The van der Waals surface area contributed by atoms with Crippen LogP contribution in [0.2, 0.25) is 0 Å². The van der Waals surface area contributed by atoms with Crippen molar-refractivity contribution in [2.45, 2.75) is 45.3 Å². The molecule has 0 aliphatic carbocycles. The molecule has 0 aromatic heterocycles. The fourth-order valence-corrected chi connectivity index (χ4v) is 2.89. The van der Waals surface area contributed by atoms with Gasteiger partial charge in [0.2, 0.25) is 0 Å². The number of esters is 1. The zero-order chi connectivity index (χ0) is 18.6. The van der Waals surface area contributed by atoms with Crippen molar-refractivity contribution in [1.82, 2.24) is 0 Å². The van der Waals surface area contributed by atoms with Crippen LogP contribution >= 0.6 is 0 Å². The first-order chi connectivity index (χ1) is 11.7. The van der Waals surface area contributed by atoms with Crippen molar-refractivity contribution in [3.63, 3.8) is 0 Å². The highest BCUT2D eigenvalue weighted by molar-refractivity contribution is 6.00. The van der Waals surface area contributed by atoms with Crippen molar-refractivity contribution >= 4 is 23.3 Å². The van der Waals surface area contributed by atoms with Crippen molar-refractivity contribution in [3.8, 4) is 0 Å². The van der Waals surface area contributed by atoms with Crippen molar-refractivity contribution in [2.75, 3.05) is 23.4 Å². The van der Waals surface area contributed by atoms with Crippen LogP contribution in [0.25, 0.3) is 0 Å². The van der Waals surface area contributed by atoms with Gasteiger partial charge in [-0.3, -0.25) is 4.79 Å². The first-order valence-electron chi connectivity index (χ1n) is 8.20. The predicted octanol–water partition coefficient (Wildman–Crippen LogP) is 3.74. The molecule has 0 spiro atoms. The summed E-state index contributed by atoms with van der Waals surface area (Å²) in [6.45, 7) is 4.58. The maximum atomic E-state index is 12.4. The number of benzene rings is 1. The van der Waals surface area contributed by atoms with E-state index in [1.54, 1.807) is 18.3 Å². The lowest BCUT2D eigenvalue weighted by Crippen LogP contribution is -2.38. The van der Waals surface area contributed by atoms with Crippen LogP contribution in [0.15, 0.2) is 18.2 Å². The molecule has 0 radical (unpaired) electrons. The SMILES string of the molecule is CCOC(=O)c1cc(NC(=O)C(F)(F)F)ccc1N1CCCC[C@H]1C. The standard InChI is InChI=1S/C17H21F3N2O3/c1-3-25-15(23)13-10-12(21-16(24)17(18,19)20)7-8-14(13)22-9-5-4-6-11(22)2/h7-8,10-11H,3-6,9H2,1-2H3,(H,21,24)/t11-/m1/s1. The quantitative estimate of drug-likeness (QED) is 0.833. The van der Waals surface area contributed by atoms with Crippen molar-refractivity contribution in [3.05, 3.63) is 23.8 Å². The minimum Gasteiger partial charge on any atom is -0.462 e. The van der Waals surface area contributed by atoms with Crippen LogP contribution in [-0.4, -0.2) is 37.2 Å². The Labute approximate surface area is 144 Å². The summed E-state index contributed by atoms with van der Waals surface area (Å²) in [6.07, 6.45) is -1.97. The van der Waals surface area contributed by atoms with Crippen LogP contribution in [0.3, 0.4) is 0 Å². The number of hydrogen-bond acceptors (Lipinski definition) is 4. The van der Waals surface area contributed by atoms with E-state index < -0.39 is 18.1 Å². The number of halogens is 3. The summed E-state index contributed by atoms with van der Waals surface area (Å²) in [5.74, 6) is -2.71. The third kappa shape index (κ3) is 4.64. The van der Waals surface area contributed by atoms with Gasteiger partial charge in [-0.1, -0.05) is 0 Å². The van der Waals surface area contributed by atoms with Crippen LogP contribution < -0.4 is 10.2 Å². The fraction of sp³-hybridized carbons (Fsp3) is 0.529. The Balaban J connectivity index is 2.36. The maximum Gasteiger partial charge on any atom is 0.471 e. The van der Waals surface area contributed by atoms with Crippen molar-refractivity contribution in [2.24, 2.45) is 0 Å². The van der Waals surface area contributed by atoms with Gasteiger partial charge < -0.3 is 15.0 Å². The highest BCUT2D eigenvalue weighted by atomic mass is 19.4. The molecule has 1 aliphatic heterocycles. The number of carbonyl (C=O) groups is 2. The number of alkyl halides is 3. The van der Waals surface area contributed by atoms with E-state index in [1.165, 1.54) is 12.1 Å². The van der Waals surface area contributed by atoms with Crippen molar-refractivity contribution < 1.29 is 27.5 Å². The largest absolute Gasteiger partial charge is 0.471 e. The molecule has 1 saturated heterocycles. The van der Waals surface area contributed by atoms with E-state index in [9.17, 15) is 22.8 Å². The molecule has 1 N–H and O–H groups in total. The van der Waals surface area contributed by atoms with Gasteiger partial charge in [-0.2, -0.15) is 13.2 Å². The second kappa shape index (κ2) is 7.76. The first kappa shape index (κ1) is 19.1. The number of rotatable bonds is 4. The van der Waals surface area contributed by atoms with Gasteiger partial charge >= 0.3 is 18.1 Å². The van der Waals surface area contributed by atoms with Gasteiger partial charge in [0.1, 0.15) is 0 Å². The lowest BCUT2D eigenvalue weighted by Gasteiger charge is -2.36. The average molecular weight is 358 g/mol. The molecule has 1 aromatic rings. The van der Waals surface area contributed by atoms with E-state index >= 15 is 0 Å². The van der Waals surface area contributed by atoms with E-state index in [1.807, 2.05) is 11.8 Å². The second-order valence-corrected chi connectivity index (χ2v) is 5.94. The molecule has 8 heteroatoms. The summed E-state index contributed by atoms with van der Waals surface area (Å²) in [6, 6.07) is 4.36. The van der Waals surface area contributed by atoms with E-state index in [0.29, 0.717) is 5.69 Å². The molecule has 5 nitrogen and oxygen atoms in total. The summed E-state index contributed by atoms with van der Waals surface area (Å²) < 4.78 is 42.3. The Hall–Kier alpha value is -2.25. The summed E-state index contributed by atoms with van der Waals surface area (Å²) >= 11 is 0. The number of amides is 1. The number of carbonyl (C=O) groups excluding carboxylic acids is 2. The Bertz CT molecular complexity index is 647. The smallest absolute Gasteiger partial charge is 0.462 e. The first-order valence-corrected chi connectivity index (χ1v) is 8.20. The van der Waals surface area contributed by atoms with Crippen LogP contribution in [0.5, 0.6) is 0 Å². The molecule has 0 unspecified atom stereocenters. The lowest BCUT2D eigenvalue weighted by molar-refractivity contribution is -0.167. The third-order valence-corrected chi connectivity index (χ3v) is 4.12. The van der Waals surface area contributed by atoms with Crippen molar-refractivity contribution in [1.29, 1.82) is 0 Å². The summed E-state index contributed by atoms with van der Waals surface area (Å²) in [5.41, 5.74) is 0.657. The van der Waals surface area contributed by atoms with Gasteiger partial charge in [0, 0.05) is 18.3 Å². The van der Waals surface area contributed by atoms with Gasteiger partial charge in [-0.05, 0) is 51.3 Å². The summed E-state index contributed by atoms with van der Waals surface area (Å²) in [7, 11) is 0. The number of anilines is 2. The lowest BCUT2D eigenvalue weighted by atomic mass is 10.0. The number of nitrogens with one attached hydrogen (secondary N) is 1. The van der Waals surface area contributed by atoms with E-state index in [-0.39, 0.29) is 23.9 Å². The minimum absolute atomic E-state index is 0.0983. The highest BCUT2D eigenvalue weighted by Gasteiger charge is 2.38. The van der Waals surface area contributed by atoms with Gasteiger partial charge in [0.05, 0.1) is 17.9 Å². The number of nitrogens with zero attached hydrogens (tertiary/aromatic N) is 1. The van der Waals surface area contributed by atoms with Gasteiger partial charge in [0.15, 0.2) is 0 Å². The Morgan fingerprint density at radius 2 is 2.04 bits per heavy atom. The second-order valence-electron chi connectivity index (χ2n) is 5.94. The normalized spacial score (nSPS) is 18.0. The molecule has 0 saturated carbocycles. The van der Waals surface area contributed by atoms with E-state index in [4.69, 9.17) is 4.74 Å². The van der Waals surface area contributed by atoms with Crippen LogP contribution in [0.1, 0.15) is 43.5 Å². The topological polar surface area (TPSA) is 58.6 Å². The zero-order valence-electron chi connectivity index (χ0n) is 14.2. The third-order valence-electron chi connectivity index (χ3n) is 4.12. The van der Waals surface area contributed by atoms with Gasteiger partial charge in [0.25, 0.3) is 0 Å². The molecular weight excluding hydrogens is 337 g/mol. The molecule has 138 valence electrons. The maximum absolute atomic E-state index is 12.4. The molecule has 1 aromatic carbocycles. The number of hydrogen-bond donors (Lipinski definition) is 1. The molecule has 0 bridgehead atoms. The Morgan fingerprint density at radius 3 is 2.64 bits per heavy atom. The molecule has 1 amide bonds. The van der Waals surface area contributed by atoms with Crippen LogP contribution in [0, 0.1) is 0 Å². The molecule has 1 atom stereocenters. The molecule has 25 heavy (non-hydrogen) atoms. The van der Waals surface area contributed by atoms with Gasteiger partial charge in [-0.15, -0.1) is 0 Å². The predicted molar refractivity (Wildman–Crippen MR) is 87.7 cm³/mol. The zero-order valence-corrected chi connectivity index (χ0v) is 14.2. The number of piperidine rings is 1.